The molecule has 0 bridgehead atoms. The summed E-state index contributed by atoms with van der Waals surface area (Å²) in [7, 11) is 0. The Morgan fingerprint density at radius 1 is 1.40 bits per heavy atom. The molecule has 2 N–H and O–H groups in total. The molecule has 1 aromatic heterocycles. The Morgan fingerprint density at radius 2 is 2.13 bits per heavy atom. The fourth-order valence-corrected chi connectivity index (χ4v) is 1.67. The number of nitrogens with zero attached hydrogens (tertiary/aromatic N) is 1. The van der Waals surface area contributed by atoms with Gasteiger partial charge in [0.15, 0.2) is 0 Å². The van der Waals surface area contributed by atoms with Gasteiger partial charge in [0, 0.05) is 5.39 Å². The lowest BCUT2D eigenvalue weighted by atomic mass is 10.1. The Balaban J connectivity index is 2.97. The van der Waals surface area contributed by atoms with Gasteiger partial charge in [0.25, 0.3) is 0 Å². The van der Waals surface area contributed by atoms with Crippen molar-refractivity contribution in [2.24, 2.45) is 0 Å². The van der Waals surface area contributed by atoms with Crippen LogP contribution in [0.2, 0.25) is 5.02 Å². The van der Waals surface area contributed by atoms with Gasteiger partial charge in [-0.3, -0.25) is 4.98 Å². The summed E-state index contributed by atoms with van der Waals surface area (Å²) < 4.78 is 0. The van der Waals surface area contributed by atoms with Crippen LogP contribution in [0.15, 0.2) is 24.4 Å². The van der Waals surface area contributed by atoms with Gasteiger partial charge in [-0.2, -0.15) is 0 Å². The SMILES string of the molecule is O=C(O)c1c(O)cnc2cccc(Cl)c12. The Kier molecular flexibility index (Phi) is 2.21. The maximum atomic E-state index is 10.9. The number of aromatic hydroxyl groups is 1. The van der Waals surface area contributed by atoms with Crippen LogP contribution >= 0.6 is 11.6 Å². The second kappa shape index (κ2) is 3.40. The van der Waals surface area contributed by atoms with Crippen LogP contribution in [0.25, 0.3) is 10.9 Å². The molecule has 0 saturated carbocycles. The summed E-state index contributed by atoms with van der Waals surface area (Å²) in [6.45, 7) is 0. The minimum atomic E-state index is -1.23. The number of carboxylic acids is 1. The maximum absolute atomic E-state index is 10.9. The van der Waals surface area contributed by atoms with Gasteiger partial charge in [-0.1, -0.05) is 17.7 Å². The molecule has 0 amide bonds. The summed E-state index contributed by atoms with van der Waals surface area (Å²) in [5.41, 5.74) is 0.225. The van der Waals surface area contributed by atoms with Gasteiger partial charge in [0.2, 0.25) is 0 Å². The predicted octanol–water partition coefficient (Wildman–Crippen LogP) is 2.29. The van der Waals surface area contributed by atoms with Gasteiger partial charge in [0.1, 0.15) is 11.3 Å². The van der Waals surface area contributed by atoms with E-state index in [1.54, 1.807) is 18.2 Å². The first-order valence-corrected chi connectivity index (χ1v) is 4.48. The van der Waals surface area contributed by atoms with Crippen molar-refractivity contribution in [1.29, 1.82) is 0 Å². The third-order valence-corrected chi connectivity index (χ3v) is 2.35. The zero-order chi connectivity index (χ0) is 11.0. The number of hydrogen-bond acceptors (Lipinski definition) is 3. The molecule has 1 aromatic carbocycles. The molecule has 1 heterocycles. The maximum Gasteiger partial charge on any atom is 0.340 e. The second-order valence-electron chi connectivity index (χ2n) is 2.96. The van der Waals surface area contributed by atoms with E-state index < -0.39 is 5.97 Å². The molecule has 2 rings (SSSR count). The van der Waals surface area contributed by atoms with Crippen molar-refractivity contribution in [3.05, 3.63) is 35.0 Å². The van der Waals surface area contributed by atoms with Gasteiger partial charge in [0.05, 0.1) is 16.7 Å². The van der Waals surface area contributed by atoms with E-state index in [1.807, 2.05) is 0 Å². The summed E-state index contributed by atoms with van der Waals surface area (Å²) in [4.78, 5) is 14.8. The highest BCUT2D eigenvalue weighted by atomic mass is 35.5. The first-order chi connectivity index (χ1) is 7.11. The van der Waals surface area contributed by atoms with Crippen LogP contribution in [0, 0.1) is 0 Å². The largest absolute Gasteiger partial charge is 0.505 e. The Hall–Kier alpha value is -1.81. The van der Waals surface area contributed by atoms with Crippen molar-refractivity contribution >= 4 is 28.5 Å². The topological polar surface area (TPSA) is 70.4 Å². The van der Waals surface area contributed by atoms with Crippen LogP contribution in [-0.2, 0) is 0 Å². The van der Waals surface area contributed by atoms with E-state index in [1.165, 1.54) is 0 Å². The van der Waals surface area contributed by atoms with Gasteiger partial charge in [-0.05, 0) is 12.1 Å². The average Bonchev–Trinajstić information content (AvgIpc) is 2.18. The Bertz CT molecular complexity index is 554. The number of halogens is 1. The molecule has 0 aliphatic carbocycles. The van der Waals surface area contributed by atoms with E-state index >= 15 is 0 Å². The fraction of sp³-hybridized carbons (Fsp3) is 0. The minimum Gasteiger partial charge on any atom is -0.505 e. The van der Waals surface area contributed by atoms with Crippen LogP contribution in [0.1, 0.15) is 10.4 Å². The lowest BCUT2D eigenvalue weighted by molar-refractivity contribution is 0.0696. The number of aromatic carboxylic acids is 1. The molecule has 0 fully saturated rings. The quantitative estimate of drug-likeness (QED) is 0.778. The molecular weight excluding hydrogens is 218 g/mol. The summed E-state index contributed by atoms with van der Waals surface area (Å²) in [5, 5.41) is 18.9. The molecule has 0 aliphatic heterocycles. The van der Waals surface area contributed by atoms with Gasteiger partial charge in [-0.15, -0.1) is 0 Å². The third kappa shape index (κ3) is 1.49. The highest BCUT2D eigenvalue weighted by Crippen LogP contribution is 2.30. The number of carboxylic acid groups (broad SMARTS) is 1. The van der Waals surface area contributed by atoms with Crippen molar-refractivity contribution in [1.82, 2.24) is 4.98 Å². The van der Waals surface area contributed by atoms with Gasteiger partial charge >= 0.3 is 5.97 Å². The zero-order valence-corrected chi connectivity index (χ0v) is 8.19. The molecule has 5 heteroatoms. The molecule has 4 nitrogen and oxygen atoms in total. The molecule has 15 heavy (non-hydrogen) atoms. The van der Waals surface area contributed by atoms with E-state index in [0.717, 1.165) is 6.20 Å². The second-order valence-corrected chi connectivity index (χ2v) is 3.36. The van der Waals surface area contributed by atoms with E-state index in [2.05, 4.69) is 4.98 Å². The number of rotatable bonds is 1. The van der Waals surface area contributed by atoms with Crippen LogP contribution in [-0.4, -0.2) is 21.2 Å². The molecule has 0 aliphatic rings. The third-order valence-electron chi connectivity index (χ3n) is 2.04. The number of pyridine rings is 1. The molecule has 76 valence electrons. The smallest absolute Gasteiger partial charge is 0.340 e. The van der Waals surface area contributed by atoms with Crippen molar-refractivity contribution in [2.45, 2.75) is 0 Å². The average molecular weight is 224 g/mol. The normalized spacial score (nSPS) is 10.5. The van der Waals surface area contributed by atoms with Gasteiger partial charge in [-0.25, -0.2) is 4.79 Å². The van der Waals surface area contributed by atoms with Crippen LogP contribution in [0.5, 0.6) is 5.75 Å². The van der Waals surface area contributed by atoms with E-state index in [9.17, 15) is 9.90 Å². The molecular formula is C10H6ClNO3. The summed E-state index contributed by atoms with van der Waals surface area (Å²) in [6, 6.07) is 4.85. The van der Waals surface area contributed by atoms with Crippen molar-refractivity contribution in [2.75, 3.05) is 0 Å². The zero-order valence-electron chi connectivity index (χ0n) is 7.44. The monoisotopic (exact) mass is 223 g/mol. The Labute approximate surface area is 89.8 Å². The lowest BCUT2D eigenvalue weighted by Gasteiger charge is -2.05. The highest BCUT2D eigenvalue weighted by molar-refractivity contribution is 6.36. The van der Waals surface area contributed by atoms with E-state index in [4.69, 9.17) is 16.7 Å². The minimum absolute atomic E-state index is 0.217. The van der Waals surface area contributed by atoms with Crippen molar-refractivity contribution in [3.63, 3.8) is 0 Å². The lowest BCUT2D eigenvalue weighted by Crippen LogP contribution is -1.99. The molecule has 0 spiro atoms. The van der Waals surface area contributed by atoms with E-state index in [0.29, 0.717) is 5.52 Å². The van der Waals surface area contributed by atoms with Crippen molar-refractivity contribution < 1.29 is 15.0 Å². The van der Waals surface area contributed by atoms with E-state index in [-0.39, 0.29) is 21.7 Å². The first kappa shape index (κ1) is 9.73. The number of aromatic nitrogens is 1. The summed E-state index contributed by atoms with van der Waals surface area (Å²) in [5.74, 6) is -1.61. The Morgan fingerprint density at radius 3 is 2.80 bits per heavy atom. The van der Waals surface area contributed by atoms with Crippen LogP contribution < -0.4 is 0 Å². The first-order valence-electron chi connectivity index (χ1n) is 4.10. The van der Waals surface area contributed by atoms with Gasteiger partial charge < -0.3 is 10.2 Å². The molecule has 0 radical (unpaired) electrons. The number of benzene rings is 1. The number of hydrogen-bond donors (Lipinski definition) is 2. The summed E-state index contributed by atoms with van der Waals surface area (Å²) >= 11 is 5.86. The standard InChI is InChI=1S/C10H6ClNO3/c11-5-2-1-3-6-8(5)9(10(14)15)7(13)4-12-6/h1-4,13H,(H,14,15). The number of fused-ring (bicyclic) bond motifs is 1. The number of carbonyl (C=O) groups is 1. The molecule has 0 unspecified atom stereocenters. The van der Waals surface area contributed by atoms with Crippen LogP contribution in [0.3, 0.4) is 0 Å². The molecule has 2 aromatic rings. The predicted molar refractivity (Wildman–Crippen MR) is 55.4 cm³/mol. The highest BCUT2D eigenvalue weighted by Gasteiger charge is 2.16. The fourth-order valence-electron chi connectivity index (χ4n) is 1.41. The van der Waals surface area contributed by atoms with Crippen LogP contribution in [0.4, 0.5) is 0 Å². The summed E-state index contributed by atoms with van der Waals surface area (Å²) in [6.07, 6.45) is 1.10. The molecule has 0 atom stereocenters. The van der Waals surface area contributed by atoms with Crippen molar-refractivity contribution in [3.8, 4) is 5.75 Å². The molecule has 0 saturated heterocycles.